The summed E-state index contributed by atoms with van der Waals surface area (Å²) >= 11 is 0. The lowest BCUT2D eigenvalue weighted by molar-refractivity contribution is 0.320. The number of allylic oxidation sites excluding steroid dienone is 1. The first-order chi connectivity index (χ1) is 13.6. The number of rotatable bonds is 7. The fraction of sp³-hybridized carbons (Fsp3) is 0.364. The first kappa shape index (κ1) is 19.7. The van der Waals surface area contributed by atoms with E-state index in [-0.39, 0.29) is 5.92 Å². The van der Waals surface area contributed by atoms with Gasteiger partial charge in [-0.3, -0.25) is 0 Å². The summed E-state index contributed by atoms with van der Waals surface area (Å²) < 4.78 is 33.4. The zero-order chi connectivity index (χ0) is 20.3. The van der Waals surface area contributed by atoms with Crippen molar-refractivity contribution in [1.29, 1.82) is 0 Å². The molecule has 150 valence electrons. The summed E-state index contributed by atoms with van der Waals surface area (Å²) in [5.74, 6) is 3.72. The van der Waals surface area contributed by atoms with E-state index in [1.165, 1.54) is 0 Å². The summed E-state index contributed by atoms with van der Waals surface area (Å²) in [6.07, 6.45) is 5.02. The molecule has 1 atom stereocenters. The van der Waals surface area contributed by atoms with Crippen LogP contribution in [0.5, 0.6) is 34.5 Å². The second-order valence-corrected chi connectivity index (χ2v) is 6.30. The average Bonchev–Trinajstić information content (AvgIpc) is 2.75. The van der Waals surface area contributed by atoms with Gasteiger partial charge in [0.15, 0.2) is 23.0 Å². The summed E-state index contributed by atoms with van der Waals surface area (Å²) in [5, 5.41) is 0. The molecule has 0 heterocycles. The third-order valence-electron chi connectivity index (χ3n) is 5.01. The van der Waals surface area contributed by atoms with E-state index in [1.807, 2.05) is 18.2 Å². The third kappa shape index (κ3) is 3.19. The highest BCUT2D eigenvalue weighted by molar-refractivity contribution is 5.72. The van der Waals surface area contributed by atoms with E-state index in [0.717, 1.165) is 23.1 Å². The molecule has 0 amide bonds. The fourth-order valence-electron chi connectivity index (χ4n) is 3.75. The summed E-state index contributed by atoms with van der Waals surface area (Å²) in [6, 6.07) is 5.92. The Bertz CT molecular complexity index is 862. The first-order valence-corrected chi connectivity index (χ1v) is 8.92. The highest BCUT2D eigenvalue weighted by atomic mass is 16.5. The SMILES string of the molecule is COc1cc(C2CC=Cc3cc(OC)c(OC)c(OC)c32)cc(OC)c1OC. The highest BCUT2D eigenvalue weighted by Crippen LogP contribution is 2.51. The molecule has 0 saturated heterocycles. The topological polar surface area (TPSA) is 55.4 Å². The number of methoxy groups -OCH3 is 6. The number of fused-ring (bicyclic) bond motifs is 1. The van der Waals surface area contributed by atoms with Crippen LogP contribution >= 0.6 is 0 Å². The molecule has 0 saturated carbocycles. The van der Waals surface area contributed by atoms with Crippen molar-refractivity contribution >= 4 is 6.08 Å². The number of hydrogen-bond donors (Lipinski definition) is 0. The molecular formula is C22H26O6. The Labute approximate surface area is 165 Å². The molecule has 0 bridgehead atoms. The van der Waals surface area contributed by atoms with E-state index in [0.29, 0.717) is 34.5 Å². The molecule has 1 unspecified atom stereocenters. The minimum Gasteiger partial charge on any atom is -0.493 e. The van der Waals surface area contributed by atoms with Gasteiger partial charge in [-0.25, -0.2) is 0 Å². The lowest BCUT2D eigenvalue weighted by Gasteiger charge is -2.27. The minimum absolute atomic E-state index is 0.0310. The number of benzene rings is 2. The van der Waals surface area contributed by atoms with E-state index in [4.69, 9.17) is 28.4 Å². The Morgan fingerprint density at radius 2 is 1.18 bits per heavy atom. The van der Waals surface area contributed by atoms with Crippen molar-refractivity contribution < 1.29 is 28.4 Å². The van der Waals surface area contributed by atoms with E-state index in [1.54, 1.807) is 42.7 Å². The minimum atomic E-state index is 0.0310. The number of hydrogen-bond acceptors (Lipinski definition) is 6. The molecule has 2 aromatic rings. The van der Waals surface area contributed by atoms with Crippen LogP contribution < -0.4 is 28.4 Å². The summed E-state index contributed by atoms with van der Waals surface area (Å²) in [5.41, 5.74) is 3.10. The van der Waals surface area contributed by atoms with E-state index in [2.05, 4.69) is 12.2 Å². The molecule has 0 fully saturated rings. The Morgan fingerprint density at radius 1 is 0.643 bits per heavy atom. The van der Waals surface area contributed by atoms with Gasteiger partial charge in [0.2, 0.25) is 11.5 Å². The maximum absolute atomic E-state index is 5.76. The molecule has 0 radical (unpaired) electrons. The molecule has 6 nitrogen and oxygen atoms in total. The van der Waals surface area contributed by atoms with Gasteiger partial charge in [0.25, 0.3) is 0 Å². The molecule has 0 spiro atoms. The van der Waals surface area contributed by atoms with Gasteiger partial charge in [-0.1, -0.05) is 12.2 Å². The smallest absolute Gasteiger partial charge is 0.203 e. The van der Waals surface area contributed by atoms with Crippen molar-refractivity contribution in [2.75, 3.05) is 42.7 Å². The third-order valence-corrected chi connectivity index (χ3v) is 5.01. The second-order valence-electron chi connectivity index (χ2n) is 6.30. The normalized spacial score (nSPS) is 14.9. The predicted molar refractivity (Wildman–Crippen MR) is 108 cm³/mol. The molecule has 0 aliphatic heterocycles. The van der Waals surface area contributed by atoms with Gasteiger partial charge in [0, 0.05) is 11.5 Å². The van der Waals surface area contributed by atoms with Gasteiger partial charge in [-0.05, 0) is 35.7 Å². The predicted octanol–water partition coefficient (Wildman–Crippen LogP) is 4.29. The van der Waals surface area contributed by atoms with E-state index in [9.17, 15) is 0 Å². The molecule has 6 heteroatoms. The molecule has 1 aliphatic rings. The Balaban J connectivity index is 2.24. The van der Waals surface area contributed by atoms with E-state index >= 15 is 0 Å². The maximum Gasteiger partial charge on any atom is 0.203 e. The van der Waals surface area contributed by atoms with Crippen LogP contribution in [-0.4, -0.2) is 42.7 Å². The number of ether oxygens (including phenoxy) is 6. The van der Waals surface area contributed by atoms with Crippen molar-refractivity contribution in [3.8, 4) is 34.5 Å². The maximum atomic E-state index is 5.76. The molecule has 0 N–H and O–H groups in total. The molecule has 3 rings (SSSR count). The van der Waals surface area contributed by atoms with Gasteiger partial charge < -0.3 is 28.4 Å². The Morgan fingerprint density at radius 3 is 1.68 bits per heavy atom. The van der Waals surface area contributed by atoms with Crippen LogP contribution in [0.3, 0.4) is 0 Å². The first-order valence-electron chi connectivity index (χ1n) is 8.92. The lowest BCUT2D eigenvalue weighted by atomic mass is 9.81. The van der Waals surface area contributed by atoms with Crippen LogP contribution in [0.25, 0.3) is 6.08 Å². The van der Waals surface area contributed by atoms with Crippen LogP contribution in [0.15, 0.2) is 24.3 Å². The van der Waals surface area contributed by atoms with Crippen molar-refractivity contribution in [3.63, 3.8) is 0 Å². The molecular weight excluding hydrogens is 360 g/mol. The zero-order valence-electron chi connectivity index (χ0n) is 17.1. The Hall–Kier alpha value is -3.02. The van der Waals surface area contributed by atoms with Gasteiger partial charge in [0.1, 0.15) is 0 Å². The van der Waals surface area contributed by atoms with Crippen LogP contribution in [0.4, 0.5) is 0 Å². The van der Waals surface area contributed by atoms with Gasteiger partial charge in [-0.2, -0.15) is 0 Å². The summed E-state index contributed by atoms with van der Waals surface area (Å²) in [4.78, 5) is 0. The van der Waals surface area contributed by atoms with E-state index < -0.39 is 0 Å². The largest absolute Gasteiger partial charge is 0.493 e. The highest BCUT2D eigenvalue weighted by Gasteiger charge is 2.29. The molecule has 2 aromatic carbocycles. The van der Waals surface area contributed by atoms with Crippen LogP contribution in [0.1, 0.15) is 29.0 Å². The van der Waals surface area contributed by atoms with Crippen molar-refractivity contribution in [3.05, 3.63) is 41.0 Å². The van der Waals surface area contributed by atoms with Gasteiger partial charge in [0.05, 0.1) is 42.7 Å². The van der Waals surface area contributed by atoms with Crippen molar-refractivity contribution in [1.82, 2.24) is 0 Å². The quantitative estimate of drug-likeness (QED) is 0.708. The molecule has 28 heavy (non-hydrogen) atoms. The zero-order valence-corrected chi connectivity index (χ0v) is 17.1. The average molecular weight is 386 g/mol. The Kier molecular flexibility index (Phi) is 5.87. The summed E-state index contributed by atoms with van der Waals surface area (Å²) in [6.45, 7) is 0. The lowest BCUT2D eigenvalue weighted by Crippen LogP contribution is -2.10. The van der Waals surface area contributed by atoms with Crippen LogP contribution in [0, 0.1) is 0 Å². The van der Waals surface area contributed by atoms with Crippen molar-refractivity contribution in [2.24, 2.45) is 0 Å². The second kappa shape index (κ2) is 8.33. The summed E-state index contributed by atoms with van der Waals surface area (Å²) in [7, 11) is 9.70. The molecule has 0 aromatic heterocycles. The fourth-order valence-corrected chi connectivity index (χ4v) is 3.75. The monoisotopic (exact) mass is 386 g/mol. The van der Waals surface area contributed by atoms with Crippen LogP contribution in [0.2, 0.25) is 0 Å². The van der Waals surface area contributed by atoms with Crippen molar-refractivity contribution in [2.45, 2.75) is 12.3 Å². The van der Waals surface area contributed by atoms with Gasteiger partial charge in [-0.15, -0.1) is 0 Å². The molecule has 1 aliphatic carbocycles. The van der Waals surface area contributed by atoms with Gasteiger partial charge >= 0.3 is 0 Å². The standard InChI is InChI=1S/C22H26O6/c1-23-16-11-14(12-17(24-2)20(16)26-4)15-9-7-8-13-10-18(25-3)21(27-5)22(28-6)19(13)15/h7-8,10-12,15H,9H2,1-6H3. The van der Waals surface area contributed by atoms with Crippen LogP contribution in [-0.2, 0) is 0 Å².